The molecule has 1 rings (SSSR count). The maximum atomic E-state index is 12.0. The van der Waals surface area contributed by atoms with Crippen LogP contribution in [0.3, 0.4) is 0 Å². The third-order valence-electron chi connectivity index (χ3n) is 3.83. The molecule has 0 saturated carbocycles. The van der Waals surface area contributed by atoms with E-state index in [0.29, 0.717) is 5.92 Å². The van der Waals surface area contributed by atoms with E-state index in [4.69, 9.17) is 5.26 Å². The van der Waals surface area contributed by atoms with Crippen LogP contribution >= 0.6 is 0 Å². The maximum Gasteiger partial charge on any atom is 0.263 e. The van der Waals surface area contributed by atoms with Crippen molar-refractivity contribution in [2.45, 2.75) is 52.5 Å². The van der Waals surface area contributed by atoms with Crippen molar-refractivity contribution in [3.63, 3.8) is 0 Å². The van der Waals surface area contributed by atoms with Gasteiger partial charge < -0.3 is 10.6 Å². The van der Waals surface area contributed by atoms with Gasteiger partial charge in [-0.3, -0.25) is 4.79 Å². The van der Waals surface area contributed by atoms with E-state index >= 15 is 0 Å². The Balaban J connectivity index is 2.90. The molecule has 0 radical (unpaired) electrons. The highest BCUT2D eigenvalue weighted by atomic mass is 16.1. The van der Waals surface area contributed by atoms with Gasteiger partial charge in [0.2, 0.25) is 0 Å². The van der Waals surface area contributed by atoms with Gasteiger partial charge in [-0.05, 0) is 37.3 Å². The summed E-state index contributed by atoms with van der Waals surface area (Å²) < 4.78 is 0. The second-order valence-electron chi connectivity index (χ2n) is 5.49. The van der Waals surface area contributed by atoms with E-state index in [1.807, 2.05) is 38.1 Å². The van der Waals surface area contributed by atoms with Crippen LogP contribution in [0.5, 0.6) is 0 Å². The number of nitriles is 1. The molecule has 2 atom stereocenters. The standard InChI is InChI=1S/C18H25N3O/c1-5-13(3)16-9-7-8-10-17(16)20-12-15(11-19)18(22)21-14(4)6-2/h7-10,12-14,20H,5-6H2,1-4H3,(H,21,22)/b15-12-. The molecule has 0 heterocycles. The Morgan fingerprint density at radius 3 is 2.55 bits per heavy atom. The monoisotopic (exact) mass is 299 g/mol. The SMILES string of the molecule is CCC(C)NC(=O)/C(C#N)=C\Nc1ccccc1C(C)CC. The molecule has 4 nitrogen and oxygen atoms in total. The Kier molecular flexibility index (Phi) is 7.18. The zero-order valence-electron chi connectivity index (χ0n) is 13.8. The molecular formula is C18H25N3O. The van der Waals surface area contributed by atoms with Crippen LogP contribution in [0.15, 0.2) is 36.0 Å². The van der Waals surface area contributed by atoms with Crippen LogP contribution in [0, 0.1) is 11.3 Å². The summed E-state index contributed by atoms with van der Waals surface area (Å²) in [5, 5.41) is 15.1. The lowest BCUT2D eigenvalue weighted by Gasteiger charge is -2.15. The number of nitrogens with one attached hydrogen (secondary N) is 2. The molecule has 2 N–H and O–H groups in total. The largest absolute Gasteiger partial charge is 0.360 e. The molecule has 0 aliphatic rings. The van der Waals surface area contributed by atoms with Crippen LogP contribution < -0.4 is 10.6 Å². The van der Waals surface area contributed by atoms with Gasteiger partial charge in [-0.25, -0.2) is 0 Å². The van der Waals surface area contributed by atoms with E-state index in [0.717, 1.165) is 18.5 Å². The summed E-state index contributed by atoms with van der Waals surface area (Å²) >= 11 is 0. The van der Waals surface area contributed by atoms with E-state index < -0.39 is 0 Å². The lowest BCUT2D eigenvalue weighted by Crippen LogP contribution is -2.33. The van der Waals surface area contributed by atoms with E-state index in [9.17, 15) is 4.79 Å². The average molecular weight is 299 g/mol. The predicted octanol–water partition coefficient (Wildman–Crippen LogP) is 3.93. The molecule has 118 valence electrons. The molecule has 0 aromatic heterocycles. The molecule has 1 aromatic carbocycles. The van der Waals surface area contributed by atoms with E-state index in [1.54, 1.807) is 0 Å². The summed E-state index contributed by atoms with van der Waals surface area (Å²) in [6, 6.07) is 9.96. The Labute approximate surface area is 133 Å². The number of carbonyl (C=O) groups is 1. The number of rotatable bonds is 7. The van der Waals surface area contributed by atoms with Gasteiger partial charge in [0.15, 0.2) is 0 Å². The second-order valence-corrected chi connectivity index (χ2v) is 5.49. The maximum absolute atomic E-state index is 12.0. The number of hydrogen-bond donors (Lipinski definition) is 2. The Morgan fingerprint density at radius 2 is 1.95 bits per heavy atom. The van der Waals surface area contributed by atoms with Crippen molar-refractivity contribution in [3.8, 4) is 6.07 Å². The van der Waals surface area contributed by atoms with Gasteiger partial charge in [-0.2, -0.15) is 5.26 Å². The van der Waals surface area contributed by atoms with Crippen molar-refractivity contribution in [1.29, 1.82) is 5.26 Å². The van der Waals surface area contributed by atoms with Gasteiger partial charge >= 0.3 is 0 Å². The van der Waals surface area contributed by atoms with Crippen LogP contribution in [-0.2, 0) is 4.79 Å². The first-order valence-corrected chi connectivity index (χ1v) is 7.80. The topological polar surface area (TPSA) is 64.9 Å². The third kappa shape index (κ3) is 4.92. The first-order valence-electron chi connectivity index (χ1n) is 7.80. The highest BCUT2D eigenvalue weighted by Gasteiger charge is 2.12. The molecule has 22 heavy (non-hydrogen) atoms. The fourth-order valence-corrected chi connectivity index (χ4v) is 1.98. The smallest absolute Gasteiger partial charge is 0.263 e. The fourth-order valence-electron chi connectivity index (χ4n) is 1.98. The summed E-state index contributed by atoms with van der Waals surface area (Å²) in [7, 11) is 0. The zero-order valence-corrected chi connectivity index (χ0v) is 13.8. The van der Waals surface area contributed by atoms with Crippen molar-refractivity contribution < 1.29 is 4.79 Å². The van der Waals surface area contributed by atoms with Crippen molar-refractivity contribution >= 4 is 11.6 Å². The van der Waals surface area contributed by atoms with E-state index in [-0.39, 0.29) is 17.5 Å². The molecular weight excluding hydrogens is 274 g/mol. The summed E-state index contributed by atoms with van der Waals surface area (Å²) in [6.07, 6.45) is 3.34. The van der Waals surface area contributed by atoms with E-state index in [1.165, 1.54) is 11.8 Å². The number of para-hydroxylation sites is 1. The molecule has 0 saturated heterocycles. The van der Waals surface area contributed by atoms with Crippen molar-refractivity contribution in [3.05, 3.63) is 41.6 Å². The van der Waals surface area contributed by atoms with Gasteiger partial charge in [0.25, 0.3) is 5.91 Å². The molecule has 0 aliphatic heterocycles. The number of anilines is 1. The van der Waals surface area contributed by atoms with Crippen molar-refractivity contribution in [1.82, 2.24) is 5.32 Å². The first kappa shape index (κ1) is 17.8. The third-order valence-corrected chi connectivity index (χ3v) is 3.83. The van der Waals surface area contributed by atoms with Crippen LogP contribution in [0.4, 0.5) is 5.69 Å². The molecule has 0 aliphatic carbocycles. The molecule has 1 aromatic rings. The Morgan fingerprint density at radius 1 is 1.27 bits per heavy atom. The van der Waals surface area contributed by atoms with Gasteiger partial charge in [0, 0.05) is 17.9 Å². The van der Waals surface area contributed by atoms with Crippen LogP contribution in [0.2, 0.25) is 0 Å². The van der Waals surface area contributed by atoms with Gasteiger partial charge in [-0.15, -0.1) is 0 Å². The lowest BCUT2D eigenvalue weighted by atomic mass is 9.97. The average Bonchev–Trinajstić information content (AvgIpc) is 2.54. The molecule has 4 heteroatoms. The minimum Gasteiger partial charge on any atom is -0.360 e. The van der Waals surface area contributed by atoms with Crippen molar-refractivity contribution in [2.75, 3.05) is 5.32 Å². The molecule has 1 amide bonds. The van der Waals surface area contributed by atoms with E-state index in [2.05, 4.69) is 30.5 Å². The highest BCUT2D eigenvalue weighted by molar-refractivity contribution is 5.97. The van der Waals surface area contributed by atoms with Gasteiger partial charge in [-0.1, -0.05) is 39.0 Å². The Bertz CT molecular complexity index is 572. The summed E-state index contributed by atoms with van der Waals surface area (Å²) in [5.41, 5.74) is 2.20. The number of amides is 1. The minimum atomic E-state index is -0.342. The second kappa shape index (κ2) is 8.89. The molecule has 0 spiro atoms. The quantitative estimate of drug-likeness (QED) is 0.592. The fraction of sp³-hybridized carbons (Fsp3) is 0.444. The van der Waals surface area contributed by atoms with Gasteiger partial charge in [0.05, 0.1) is 0 Å². The predicted molar refractivity (Wildman–Crippen MR) is 90.4 cm³/mol. The highest BCUT2D eigenvalue weighted by Crippen LogP contribution is 2.26. The Hall–Kier alpha value is -2.28. The summed E-state index contributed by atoms with van der Waals surface area (Å²) in [6.45, 7) is 8.20. The minimum absolute atomic E-state index is 0.0525. The normalized spacial score (nSPS) is 13.9. The molecule has 0 bridgehead atoms. The number of benzene rings is 1. The van der Waals surface area contributed by atoms with Crippen LogP contribution in [0.1, 0.15) is 52.0 Å². The summed E-state index contributed by atoms with van der Waals surface area (Å²) in [5.74, 6) is 0.0712. The summed E-state index contributed by atoms with van der Waals surface area (Å²) in [4.78, 5) is 12.0. The molecule has 0 fully saturated rings. The lowest BCUT2D eigenvalue weighted by molar-refractivity contribution is -0.117. The zero-order chi connectivity index (χ0) is 16.5. The number of hydrogen-bond acceptors (Lipinski definition) is 3. The van der Waals surface area contributed by atoms with Gasteiger partial charge in [0.1, 0.15) is 11.6 Å². The van der Waals surface area contributed by atoms with Crippen LogP contribution in [-0.4, -0.2) is 11.9 Å². The number of carbonyl (C=O) groups excluding carboxylic acids is 1. The first-order chi connectivity index (χ1) is 10.5. The van der Waals surface area contributed by atoms with Crippen LogP contribution in [0.25, 0.3) is 0 Å². The van der Waals surface area contributed by atoms with Crippen molar-refractivity contribution in [2.24, 2.45) is 0 Å². The number of nitrogens with zero attached hydrogens (tertiary/aromatic N) is 1. The molecule has 2 unspecified atom stereocenters.